The average Bonchev–Trinajstić information content (AvgIpc) is 2.94. The molecule has 0 atom stereocenters. The van der Waals surface area contributed by atoms with Gasteiger partial charge in [-0.05, 0) is 90.2 Å². The Hall–Kier alpha value is -3.92. The Balaban J connectivity index is 1.99. The van der Waals surface area contributed by atoms with Crippen molar-refractivity contribution in [3.63, 3.8) is 0 Å². The fourth-order valence-electron chi connectivity index (χ4n) is 6.56. The molecule has 2 aliphatic rings. The molecule has 0 aromatic heterocycles. The first-order valence-electron chi connectivity index (χ1n) is 16.4. The second-order valence-corrected chi connectivity index (χ2v) is 14.2. The molecule has 0 saturated carbocycles. The van der Waals surface area contributed by atoms with Gasteiger partial charge < -0.3 is 10.2 Å². The summed E-state index contributed by atoms with van der Waals surface area (Å²) in [4.78, 5) is 24.3. The van der Waals surface area contributed by atoms with Crippen molar-refractivity contribution < 1.29 is 19.8 Å². The van der Waals surface area contributed by atoms with Crippen molar-refractivity contribution in [3.8, 4) is 0 Å². The number of carbonyl (C=O) groups is 2. The number of carboxylic acids is 2. The molecule has 2 aliphatic carbocycles. The Bertz CT molecular complexity index is 1490. The van der Waals surface area contributed by atoms with Crippen LogP contribution in [-0.2, 0) is 9.59 Å². The van der Waals surface area contributed by atoms with Crippen molar-refractivity contribution in [2.75, 3.05) is 0 Å². The standard InChI is InChI=1S/C42H56O4/c1-30(18-13-20-32(3)23-25-36-34(5)22-15-28-40(36,7)8)16-11-12-17-31(2)19-14-21-33(4)24-26-37-35(6)27-29-42(38(43)44,39(45)46)41(37,9)10/h11-14,16-21,23-26H,15,22,27-29H2,1-10H3,(H,43,44)(H,45,46)/b12-11+,18-13+,19-14+,25-23+,26-24+,30-16+,31-17+,32-20+,33-21+. The third kappa shape index (κ3) is 9.79. The summed E-state index contributed by atoms with van der Waals surface area (Å²) in [6.07, 6.45) is 33.2. The van der Waals surface area contributed by atoms with Crippen LogP contribution in [0, 0.1) is 16.2 Å². The molecule has 2 N–H and O–H groups in total. The van der Waals surface area contributed by atoms with Gasteiger partial charge in [0.1, 0.15) is 0 Å². The van der Waals surface area contributed by atoms with E-state index in [0.717, 1.165) is 22.3 Å². The predicted molar refractivity (Wildman–Crippen MR) is 194 cm³/mol. The Morgan fingerprint density at radius 2 is 1.00 bits per heavy atom. The number of rotatable bonds is 12. The fourth-order valence-corrected chi connectivity index (χ4v) is 6.56. The van der Waals surface area contributed by atoms with Crippen LogP contribution in [0.5, 0.6) is 0 Å². The van der Waals surface area contributed by atoms with Crippen LogP contribution in [-0.4, -0.2) is 22.2 Å². The first-order chi connectivity index (χ1) is 21.5. The molecule has 4 heteroatoms. The summed E-state index contributed by atoms with van der Waals surface area (Å²) >= 11 is 0. The first-order valence-corrected chi connectivity index (χ1v) is 16.4. The van der Waals surface area contributed by atoms with Crippen LogP contribution in [0.2, 0.25) is 0 Å². The highest BCUT2D eigenvalue weighted by Crippen LogP contribution is 2.54. The zero-order valence-corrected chi connectivity index (χ0v) is 29.8. The van der Waals surface area contributed by atoms with Crippen molar-refractivity contribution in [2.45, 2.75) is 101 Å². The van der Waals surface area contributed by atoms with E-state index >= 15 is 0 Å². The molecule has 0 fully saturated rings. The maximum absolute atomic E-state index is 12.1. The van der Waals surface area contributed by atoms with E-state index in [9.17, 15) is 19.8 Å². The highest BCUT2D eigenvalue weighted by atomic mass is 16.4. The summed E-state index contributed by atoms with van der Waals surface area (Å²) in [7, 11) is 0. The van der Waals surface area contributed by atoms with Crippen molar-refractivity contribution in [2.24, 2.45) is 16.2 Å². The number of carboxylic acid groups (broad SMARTS) is 2. The van der Waals surface area contributed by atoms with Crippen molar-refractivity contribution in [1.29, 1.82) is 0 Å². The highest BCUT2D eigenvalue weighted by Gasteiger charge is 2.60. The molecule has 0 amide bonds. The third-order valence-corrected chi connectivity index (χ3v) is 9.64. The van der Waals surface area contributed by atoms with E-state index in [1.807, 2.05) is 63.3 Å². The van der Waals surface area contributed by atoms with Crippen molar-refractivity contribution in [1.82, 2.24) is 0 Å². The molecular weight excluding hydrogens is 568 g/mol. The molecule has 4 nitrogen and oxygen atoms in total. The lowest BCUT2D eigenvalue weighted by Crippen LogP contribution is -2.53. The summed E-state index contributed by atoms with van der Waals surface area (Å²) in [5.41, 5.74) is 6.64. The Morgan fingerprint density at radius 1 is 0.587 bits per heavy atom. The van der Waals surface area contributed by atoms with Gasteiger partial charge in [0.2, 0.25) is 0 Å². The second-order valence-electron chi connectivity index (χ2n) is 14.2. The summed E-state index contributed by atoms with van der Waals surface area (Å²) in [6.45, 7) is 20.6. The van der Waals surface area contributed by atoms with Crippen LogP contribution >= 0.6 is 0 Å². The molecule has 0 aliphatic heterocycles. The minimum Gasteiger partial charge on any atom is -0.480 e. The molecular formula is C42H56O4. The quantitative estimate of drug-likeness (QED) is 0.167. The van der Waals surface area contributed by atoms with Gasteiger partial charge in [-0.1, -0.05) is 146 Å². The molecule has 0 saturated heterocycles. The lowest BCUT2D eigenvalue weighted by Gasteiger charge is -2.45. The molecule has 0 spiro atoms. The number of hydrogen-bond acceptors (Lipinski definition) is 2. The van der Waals surface area contributed by atoms with E-state index in [2.05, 4.69) is 77.2 Å². The zero-order chi connectivity index (χ0) is 34.7. The summed E-state index contributed by atoms with van der Waals surface area (Å²) in [5.74, 6) is -2.56. The van der Waals surface area contributed by atoms with E-state index in [-0.39, 0.29) is 11.8 Å². The predicted octanol–water partition coefficient (Wildman–Crippen LogP) is 11.4. The monoisotopic (exact) mass is 624 g/mol. The topological polar surface area (TPSA) is 74.6 Å². The van der Waals surface area contributed by atoms with Crippen LogP contribution in [0.4, 0.5) is 0 Å². The maximum Gasteiger partial charge on any atom is 0.321 e. The van der Waals surface area contributed by atoms with Gasteiger partial charge >= 0.3 is 11.9 Å². The normalized spacial score (nSPS) is 21.6. The molecule has 46 heavy (non-hydrogen) atoms. The largest absolute Gasteiger partial charge is 0.480 e. The molecule has 248 valence electrons. The van der Waals surface area contributed by atoms with Gasteiger partial charge in [-0.3, -0.25) is 9.59 Å². The van der Waals surface area contributed by atoms with Gasteiger partial charge in [-0.25, -0.2) is 0 Å². The van der Waals surface area contributed by atoms with Crippen molar-refractivity contribution >= 4 is 11.9 Å². The zero-order valence-electron chi connectivity index (χ0n) is 29.8. The Kier molecular flexibility index (Phi) is 13.8. The van der Waals surface area contributed by atoms with E-state index in [1.54, 1.807) is 13.8 Å². The van der Waals surface area contributed by atoms with Gasteiger partial charge in [0.05, 0.1) is 0 Å². The SMILES string of the molecule is CC1=C(/C=C/C(C)=C/C=C/C(C)=C/C=C/C=C(C)/C=C/C=C(C)/C=C/C2=C(C)CCC(C(=O)O)(C(=O)O)C2(C)C)C(C)(C)CCC1. The number of hydrogen-bond donors (Lipinski definition) is 2. The fraction of sp³-hybridized carbons (Fsp3) is 0.429. The van der Waals surface area contributed by atoms with Crippen LogP contribution in [0.3, 0.4) is 0 Å². The van der Waals surface area contributed by atoms with Crippen LogP contribution in [0.25, 0.3) is 0 Å². The lowest BCUT2D eigenvalue weighted by atomic mass is 9.55. The van der Waals surface area contributed by atoms with Gasteiger partial charge in [-0.2, -0.15) is 0 Å². The summed E-state index contributed by atoms with van der Waals surface area (Å²) in [6, 6.07) is 0. The summed E-state index contributed by atoms with van der Waals surface area (Å²) < 4.78 is 0. The molecule has 0 heterocycles. The van der Waals surface area contributed by atoms with Crippen molar-refractivity contribution in [3.05, 3.63) is 130 Å². The minimum absolute atomic E-state index is 0.0871. The van der Waals surface area contributed by atoms with Gasteiger partial charge in [0.25, 0.3) is 0 Å². The second kappa shape index (κ2) is 16.6. The van der Waals surface area contributed by atoms with Crippen LogP contribution < -0.4 is 0 Å². The molecule has 0 bridgehead atoms. The Morgan fingerprint density at radius 3 is 1.46 bits per heavy atom. The smallest absolute Gasteiger partial charge is 0.321 e. The number of allylic oxidation sites excluding steroid dienone is 22. The van der Waals surface area contributed by atoms with E-state index in [4.69, 9.17) is 0 Å². The first kappa shape index (κ1) is 38.3. The molecule has 2 rings (SSSR count). The van der Waals surface area contributed by atoms with Crippen LogP contribution in [0.1, 0.15) is 101 Å². The third-order valence-electron chi connectivity index (χ3n) is 9.64. The average molecular weight is 625 g/mol. The van der Waals surface area contributed by atoms with Crippen LogP contribution in [0.15, 0.2) is 130 Å². The number of aliphatic carboxylic acids is 2. The lowest BCUT2D eigenvalue weighted by molar-refractivity contribution is -0.174. The van der Waals surface area contributed by atoms with E-state index in [1.165, 1.54) is 41.6 Å². The minimum atomic E-state index is -1.85. The molecule has 0 unspecified atom stereocenters. The van der Waals surface area contributed by atoms with Gasteiger partial charge in [0, 0.05) is 5.41 Å². The molecule has 0 aromatic rings. The van der Waals surface area contributed by atoms with E-state index < -0.39 is 22.8 Å². The van der Waals surface area contributed by atoms with Gasteiger partial charge in [-0.15, -0.1) is 0 Å². The Labute approximate surface area is 278 Å². The molecule has 0 radical (unpaired) electrons. The van der Waals surface area contributed by atoms with Gasteiger partial charge in [0.15, 0.2) is 5.41 Å². The molecule has 0 aromatic carbocycles. The maximum atomic E-state index is 12.1. The summed E-state index contributed by atoms with van der Waals surface area (Å²) in [5, 5.41) is 19.8. The highest BCUT2D eigenvalue weighted by molar-refractivity contribution is 6.00. The van der Waals surface area contributed by atoms with E-state index in [0.29, 0.717) is 6.42 Å².